The van der Waals surface area contributed by atoms with Crippen LogP contribution in [0.4, 0.5) is 0 Å². The van der Waals surface area contributed by atoms with Gasteiger partial charge in [-0.1, -0.05) is 200 Å². The molecule has 0 aromatic heterocycles. The largest absolute Gasteiger partial charge is 0.166 e. The van der Waals surface area contributed by atoms with E-state index in [4.69, 9.17) is 0 Å². The molecular formula is C52H79S3+3. The summed E-state index contributed by atoms with van der Waals surface area (Å²) in [6.07, 6.45) is 6.73. The van der Waals surface area contributed by atoms with Gasteiger partial charge in [0.1, 0.15) is 18.8 Å². The molecule has 0 spiro atoms. The summed E-state index contributed by atoms with van der Waals surface area (Å²) in [5.74, 6) is 0. The molecule has 0 N–H and O–H groups in total. The summed E-state index contributed by atoms with van der Waals surface area (Å²) < 4.78 is 0. The van der Waals surface area contributed by atoms with Gasteiger partial charge in [0.05, 0.1) is 21.8 Å². The second-order valence-electron chi connectivity index (χ2n) is 9.51. The Balaban J connectivity index is -0.000000321. The molecule has 6 aromatic rings. The Bertz CT molecular complexity index is 1390. The van der Waals surface area contributed by atoms with Crippen molar-refractivity contribution < 1.29 is 0 Å². The molecule has 0 heterocycles. The molecule has 0 unspecified atom stereocenters. The first-order valence-electron chi connectivity index (χ1n) is 19.9. The summed E-state index contributed by atoms with van der Waals surface area (Å²) in [5, 5.41) is 0. The lowest BCUT2D eigenvalue weighted by Crippen LogP contribution is -2.04. The average molecular weight is 800 g/mol. The van der Waals surface area contributed by atoms with Crippen molar-refractivity contribution in [3.8, 4) is 0 Å². The minimum absolute atomic E-state index is 0. The van der Waals surface area contributed by atoms with Crippen molar-refractivity contribution in [3.63, 3.8) is 0 Å². The number of rotatable bonds is 6. The van der Waals surface area contributed by atoms with Crippen molar-refractivity contribution in [2.24, 2.45) is 0 Å². The molecule has 0 aliphatic carbocycles. The van der Waals surface area contributed by atoms with Crippen molar-refractivity contribution in [2.75, 3.05) is 18.8 Å². The molecule has 0 saturated carbocycles. The van der Waals surface area contributed by atoms with Gasteiger partial charge in [0.15, 0.2) is 29.4 Å². The Morgan fingerprint density at radius 2 is 0.400 bits per heavy atom. The molecule has 55 heavy (non-hydrogen) atoms. The molecule has 0 aliphatic rings. The highest BCUT2D eigenvalue weighted by Gasteiger charge is 2.27. The van der Waals surface area contributed by atoms with E-state index in [1.807, 2.05) is 83.1 Å². The maximum absolute atomic E-state index is 2.27. The molecule has 0 amide bonds. The van der Waals surface area contributed by atoms with Crippen LogP contribution in [0.2, 0.25) is 0 Å². The van der Waals surface area contributed by atoms with Crippen molar-refractivity contribution in [1.82, 2.24) is 0 Å². The quantitative estimate of drug-likeness (QED) is 0.147. The molecule has 0 saturated heterocycles. The first kappa shape index (κ1) is 58.1. The van der Waals surface area contributed by atoms with Gasteiger partial charge in [-0.25, -0.2) is 0 Å². The Morgan fingerprint density at radius 3 is 0.564 bits per heavy atom. The summed E-state index contributed by atoms with van der Waals surface area (Å²) in [6.45, 7) is 24.0. The third kappa shape index (κ3) is 25.2. The van der Waals surface area contributed by atoms with Gasteiger partial charge in [0, 0.05) is 10.9 Å². The van der Waals surface area contributed by atoms with Crippen molar-refractivity contribution in [2.45, 2.75) is 120 Å². The van der Waals surface area contributed by atoms with Crippen molar-refractivity contribution in [1.29, 1.82) is 0 Å². The molecule has 0 nitrogen and oxygen atoms in total. The molecule has 0 atom stereocenters. The van der Waals surface area contributed by atoms with Crippen LogP contribution in [0.15, 0.2) is 211 Å². The highest BCUT2D eigenvalue weighted by atomic mass is 32.2. The van der Waals surface area contributed by atoms with E-state index in [0.29, 0.717) is 10.9 Å². The van der Waals surface area contributed by atoms with Gasteiger partial charge in [0.25, 0.3) is 0 Å². The lowest BCUT2D eigenvalue weighted by atomic mass is 10.4. The average Bonchev–Trinajstić information content (AvgIpc) is 3.30. The molecular weight excluding hydrogens is 721 g/mol. The fourth-order valence-corrected chi connectivity index (χ4v) is 8.36. The first-order valence-corrected chi connectivity index (χ1v) is 24.8. The Labute approximate surface area is 351 Å². The molecule has 302 valence electrons. The van der Waals surface area contributed by atoms with Gasteiger partial charge in [-0.3, -0.25) is 0 Å². The second kappa shape index (κ2) is 43.1. The van der Waals surface area contributed by atoms with E-state index in [0.717, 1.165) is 0 Å². The van der Waals surface area contributed by atoms with Gasteiger partial charge in [-0.15, -0.1) is 0 Å². The van der Waals surface area contributed by atoms with Crippen LogP contribution in [0.1, 0.15) is 90.5 Å². The van der Waals surface area contributed by atoms with Crippen LogP contribution >= 0.6 is 0 Å². The molecule has 0 radical (unpaired) electrons. The predicted molar refractivity (Wildman–Crippen MR) is 263 cm³/mol. The topological polar surface area (TPSA) is 0 Å². The fraction of sp³-hybridized carbons (Fsp3) is 0.308. The zero-order valence-corrected chi connectivity index (χ0v) is 39.0. The lowest BCUT2D eigenvalue weighted by molar-refractivity contribution is 1.32. The van der Waals surface area contributed by atoms with E-state index >= 15 is 0 Å². The van der Waals surface area contributed by atoms with E-state index in [9.17, 15) is 0 Å². The Kier molecular flexibility index (Phi) is 45.5. The van der Waals surface area contributed by atoms with Crippen LogP contribution < -0.4 is 0 Å². The lowest BCUT2D eigenvalue weighted by Gasteiger charge is -2.07. The summed E-state index contributed by atoms with van der Waals surface area (Å²) in [6, 6.07) is 64.0. The highest BCUT2D eigenvalue weighted by molar-refractivity contribution is 7.97. The number of benzene rings is 6. The van der Waals surface area contributed by atoms with Crippen LogP contribution in [0.3, 0.4) is 0 Å². The molecule has 0 fully saturated rings. The van der Waals surface area contributed by atoms with Crippen LogP contribution in [-0.2, 0) is 32.7 Å². The maximum Gasteiger partial charge on any atom is 0.166 e. The van der Waals surface area contributed by atoms with E-state index in [1.54, 1.807) is 0 Å². The van der Waals surface area contributed by atoms with Crippen LogP contribution in [-0.4, -0.2) is 18.8 Å². The Hall–Kier alpha value is -3.63. The van der Waals surface area contributed by atoms with Crippen molar-refractivity contribution in [3.05, 3.63) is 182 Å². The van der Waals surface area contributed by atoms with Crippen molar-refractivity contribution >= 4 is 32.7 Å². The zero-order valence-electron chi connectivity index (χ0n) is 36.5. The summed E-state index contributed by atoms with van der Waals surface area (Å²) in [7, 11) is 0.610. The van der Waals surface area contributed by atoms with E-state index in [-0.39, 0.29) is 29.2 Å². The summed E-state index contributed by atoms with van der Waals surface area (Å²) in [5.41, 5.74) is 0. The van der Waals surface area contributed by atoms with Gasteiger partial charge in [0.2, 0.25) is 0 Å². The molecule has 6 aromatic carbocycles. The first-order chi connectivity index (χ1) is 26.6. The smallest absolute Gasteiger partial charge is 0.0776 e. The van der Waals surface area contributed by atoms with Gasteiger partial charge < -0.3 is 0 Å². The van der Waals surface area contributed by atoms with Crippen LogP contribution in [0, 0.1) is 0 Å². The Morgan fingerprint density at radius 1 is 0.236 bits per heavy atom. The third-order valence-electron chi connectivity index (χ3n) is 6.34. The van der Waals surface area contributed by atoms with Gasteiger partial charge in [-0.2, -0.15) is 0 Å². The maximum atomic E-state index is 2.27. The van der Waals surface area contributed by atoms with E-state index in [1.165, 1.54) is 29.4 Å². The SMILES string of the molecule is C.CC.CC.CC.CC.CC.CC.C[S+](C)c1ccccc1.C[S+](c1ccccc1)c1ccccc1.c1ccc([S+](c2ccccc2)c2ccccc2)cc1. The van der Waals surface area contributed by atoms with Gasteiger partial charge >= 0.3 is 0 Å². The summed E-state index contributed by atoms with van der Waals surface area (Å²) >= 11 is 0. The predicted octanol–water partition coefficient (Wildman–Crippen LogP) is 16.9. The van der Waals surface area contributed by atoms with Crippen LogP contribution in [0.5, 0.6) is 0 Å². The van der Waals surface area contributed by atoms with Crippen LogP contribution in [0.25, 0.3) is 0 Å². The second-order valence-corrected chi connectivity index (χ2v) is 15.6. The minimum atomic E-state index is -0.0146. The molecule has 0 bridgehead atoms. The fourth-order valence-electron chi connectivity index (χ4n) is 4.16. The molecule has 6 rings (SSSR count). The number of hydrogen-bond donors (Lipinski definition) is 0. The normalized spacial score (nSPS) is 8.62. The number of hydrogen-bond acceptors (Lipinski definition) is 0. The minimum Gasteiger partial charge on any atom is -0.0776 e. The van der Waals surface area contributed by atoms with E-state index in [2.05, 4.69) is 201 Å². The summed E-state index contributed by atoms with van der Waals surface area (Å²) in [4.78, 5) is 8.33. The highest BCUT2D eigenvalue weighted by Crippen LogP contribution is 2.30. The van der Waals surface area contributed by atoms with Gasteiger partial charge in [-0.05, 0) is 72.8 Å². The zero-order chi connectivity index (χ0) is 41.4. The van der Waals surface area contributed by atoms with E-state index < -0.39 is 0 Å². The standard InChI is InChI=1S/C18H15S.C13H13S.C8H11S.6C2H6.CH4/c1-4-10-16(11-5-1)19(17-12-6-2-7-13-17)18-14-8-3-9-15-18;1-14(12-8-4-2-5-9-12)13-10-6-3-7-11-13;1-9(2)8-6-4-3-5-7-8;6*1-2;/h1-15H;2-11H,1H3;3-7H,1-2H3;6*1-2H3;1H4/q3*+1;;;;;;;. The third-order valence-corrected chi connectivity index (χ3v) is 11.7. The molecule has 3 heteroatoms. The monoisotopic (exact) mass is 800 g/mol. The molecule has 0 aliphatic heterocycles.